The Hall–Kier alpha value is -2.76. The maximum Gasteiger partial charge on any atom is 0.412 e. The summed E-state index contributed by atoms with van der Waals surface area (Å²) in [6.07, 6.45) is -0.231. The summed E-state index contributed by atoms with van der Waals surface area (Å²) in [5.74, 6) is -0.266. The minimum atomic E-state index is -0.565. The second-order valence-electron chi connectivity index (χ2n) is 7.16. The van der Waals surface area contributed by atoms with Crippen molar-refractivity contribution in [2.45, 2.75) is 45.8 Å². The second-order valence-corrected chi connectivity index (χ2v) is 7.16. The van der Waals surface area contributed by atoms with Crippen LogP contribution >= 0.6 is 0 Å². The molecule has 0 aliphatic rings. The fourth-order valence-electron chi connectivity index (χ4n) is 2.60. The number of carbonyl (C=O) groups excluding carboxylic acids is 2. The molecular weight excluding hydrogens is 332 g/mol. The molecule has 2 rings (SSSR count). The van der Waals surface area contributed by atoms with Gasteiger partial charge in [0.25, 0.3) is 0 Å². The quantitative estimate of drug-likeness (QED) is 0.767. The van der Waals surface area contributed by atoms with E-state index in [0.29, 0.717) is 5.69 Å². The van der Waals surface area contributed by atoms with Crippen LogP contribution in [0.1, 0.15) is 34.1 Å². The van der Waals surface area contributed by atoms with E-state index >= 15 is 0 Å². The minimum absolute atomic E-state index is 0.0875. The lowest BCUT2D eigenvalue weighted by Gasteiger charge is -2.21. The van der Waals surface area contributed by atoms with Crippen LogP contribution in [-0.4, -0.2) is 30.8 Å². The zero-order valence-corrected chi connectivity index (χ0v) is 15.9. The third kappa shape index (κ3) is 5.37. The van der Waals surface area contributed by atoms with Crippen LogP contribution in [0.3, 0.4) is 0 Å². The number of anilines is 2. The molecule has 0 spiro atoms. The maximum absolute atomic E-state index is 12.1. The normalized spacial score (nSPS) is 12.3. The van der Waals surface area contributed by atoms with Gasteiger partial charge in [-0.2, -0.15) is 0 Å². The molecule has 0 aromatic heterocycles. The molecular formula is C20H26N2O4. The average molecular weight is 358 g/mol. The summed E-state index contributed by atoms with van der Waals surface area (Å²) in [4.78, 5) is 23.5. The van der Waals surface area contributed by atoms with Crippen LogP contribution in [0.15, 0.2) is 36.4 Å². The molecule has 140 valence electrons. The van der Waals surface area contributed by atoms with E-state index in [9.17, 15) is 9.59 Å². The summed E-state index contributed by atoms with van der Waals surface area (Å²) in [5.41, 5.74) is 0.984. The Morgan fingerprint density at radius 2 is 1.62 bits per heavy atom. The van der Waals surface area contributed by atoms with Gasteiger partial charge in [0.2, 0.25) is 0 Å². The highest BCUT2D eigenvalue weighted by molar-refractivity contribution is 6.05. The molecule has 26 heavy (non-hydrogen) atoms. The first kappa shape index (κ1) is 19.6. The highest BCUT2D eigenvalue weighted by atomic mass is 16.6. The number of methoxy groups -OCH3 is 1. The summed E-state index contributed by atoms with van der Waals surface area (Å²) in [6.45, 7) is 7.37. The number of fused-ring (bicyclic) bond motifs is 1. The first-order valence-corrected chi connectivity index (χ1v) is 8.54. The van der Waals surface area contributed by atoms with E-state index in [1.54, 1.807) is 0 Å². The lowest BCUT2D eigenvalue weighted by atomic mass is 10.1. The van der Waals surface area contributed by atoms with Gasteiger partial charge in [-0.3, -0.25) is 10.1 Å². The van der Waals surface area contributed by atoms with Crippen molar-refractivity contribution in [3.8, 4) is 0 Å². The first-order valence-electron chi connectivity index (χ1n) is 8.54. The zero-order valence-electron chi connectivity index (χ0n) is 15.9. The molecule has 6 nitrogen and oxygen atoms in total. The number of rotatable bonds is 5. The summed E-state index contributed by atoms with van der Waals surface area (Å²) < 4.78 is 10.0. The lowest BCUT2D eigenvalue weighted by Crippen LogP contribution is -2.27. The Bertz CT molecular complexity index is 796. The Balaban J connectivity index is 2.25. The molecule has 2 aromatic rings. The van der Waals surface area contributed by atoms with Crippen LogP contribution in [0.5, 0.6) is 0 Å². The summed E-state index contributed by atoms with van der Waals surface area (Å²) >= 11 is 0. The smallest absolute Gasteiger partial charge is 0.412 e. The van der Waals surface area contributed by atoms with E-state index in [2.05, 4.69) is 10.6 Å². The third-order valence-electron chi connectivity index (χ3n) is 3.66. The molecule has 0 aliphatic carbocycles. The molecule has 0 saturated heterocycles. The number of benzene rings is 2. The van der Waals surface area contributed by atoms with Crippen LogP contribution < -0.4 is 10.6 Å². The maximum atomic E-state index is 12.1. The highest BCUT2D eigenvalue weighted by Crippen LogP contribution is 2.31. The largest absolute Gasteiger partial charge is 0.469 e. The zero-order chi connectivity index (χ0) is 19.3. The molecule has 0 saturated carbocycles. The van der Waals surface area contributed by atoms with E-state index in [1.165, 1.54) is 7.11 Å². The van der Waals surface area contributed by atoms with Gasteiger partial charge in [0, 0.05) is 22.5 Å². The van der Waals surface area contributed by atoms with E-state index < -0.39 is 11.7 Å². The second kappa shape index (κ2) is 8.08. The van der Waals surface area contributed by atoms with Gasteiger partial charge in [0.05, 0.1) is 19.2 Å². The third-order valence-corrected chi connectivity index (χ3v) is 3.66. The van der Waals surface area contributed by atoms with E-state index in [1.807, 2.05) is 64.1 Å². The summed E-state index contributed by atoms with van der Waals surface area (Å²) in [6, 6.07) is 11.3. The summed E-state index contributed by atoms with van der Waals surface area (Å²) in [5, 5.41) is 7.95. The Morgan fingerprint density at radius 1 is 1.04 bits per heavy atom. The topological polar surface area (TPSA) is 76.7 Å². The standard InChI is InChI=1S/C20H26N2O4/c1-13(12-18(23)25-5)21-16-10-11-17(15-9-7-6-8-14(15)16)22-19(24)26-20(2,3)4/h6-11,13,21H,12H2,1-5H3,(H,22,24). The van der Waals surface area contributed by atoms with Gasteiger partial charge in [-0.25, -0.2) is 4.79 Å². The van der Waals surface area contributed by atoms with Gasteiger partial charge in [0.1, 0.15) is 5.60 Å². The van der Waals surface area contributed by atoms with Gasteiger partial charge < -0.3 is 14.8 Å². The SMILES string of the molecule is COC(=O)CC(C)Nc1ccc(NC(=O)OC(C)(C)C)c2ccccc12. The highest BCUT2D eigenvalue weighted by Gasteiger charge is 2.18. The van der Waals surface area contributed by atoms with E-state index in [4.69, 9.17) is 9.47 Å². The molecule has 0 bridgehead atoms. The Morgan fingerprint density at radius 3 is 2.19 bits per heavy atom. The molecule has 2 aromatic carbocycles. The minimum Gasteiger partial charge on any atom is -0.469 e. The first-order chi connectivity index (χ1) is 12.2. The van der Waals surface area contributed by atoms with Gasteiger partial charge >= 0.3 is 12.1 Å². The fraction of sp³-hybridized carbons (Fsp3) is 0.400. The number of ether oxygens (including phenoxy) is 2. The molecule has 0 radical (unpaired) electrons. The van der Waals surface area contributed by atoms with Gasteiger partial charge in [-0.05, 0) is 39.8 Å². The van der Waals surface area contributed by atoms with Crippen molar-refractivity contribution in [3.63, 3.8) is 0 Å². The molecule has 2 N–H and O–H groups in total. The average Bonchev–Trinajstić information content (AvgIpc) is 2.55. The molecule has 0 fully saturated rings. The number of amides is 1. The number of esters is 1. The van der Waals surface area contributed by atoms with Crippen molar-refractivity contribution in [1.29, 1.82) is 0 Å². The predicted molar refractivity (Wildman–Crippen MR) is 104 cm³/mol. The van der Waals surface area contributed by atoms with Crippen LogP contribution in [-0.2, 0) is 14.3 Å². The molecule has 6 heteroatoms. The van der Waals surface area contributed by atoms with Crippen molar-refractivity contribution >= 4 is 34.2 Å². The van der Waals surface area contributed by atoms with Crippen molar-refractivity contribution in [2.24, 2.45) is 0 Å². The van der Waals surface area contributed by atoms with Crippen LogP contribution in [0.25, 0.3) is 10.8 Å². The van der Waals surface area contributed by atoms with Crippen LogP contribution in [0, 0.1) is 0 Å². The van der Waals surface area contributed by atoms with Crippen LogP contribution in [0.4, 0.5) is 16.2 Å². The summed E-state index contributed by atoms with van der Waals surface area (Å²) in [7, 11) is 1.38. The molecule has 0 heterocycles. The van der Waals surface area contributed by atoms with Crippen molar-refractivity contribution in [2.75, 3.05) is 17.7 Å². The van der Waals surface area contributed by atoms with Crippen LogP contribution in [0.2, 0.25) is 0 Å². The number of hydrogen-bond acceptors (Lipinski definition) is 5. The van der Waals surface area contributed by atoms with Gasteiger partial charge in [-0.1, -0.05) is 24.3 Å². The van der Waals surface area contributed by atoms with Crippen molar-refractivity contribution in [1.82, 2.24) is 0 Å². The number of hydrogen-bond donors (Lipinski definition) is 2. The Kier molecular flexibility index (Phi) is 6.08. The van der Waals surface area contributed by atoms with E-state index in [0.717, 1.165) is 16.5 Å². The van der Waals surface area contributed by atoms with E-state index in [-0.39, 0.29) is 18.4 Å². The molecule has 1 amide bonds. The molecule has 0 aliphatic heterocycles. The monoisotopic (exact) mass is 358 g/mol. The molecule has 1 atom stereocenters. The predicted octanol–water partition coefficient (Wildman–Crippen LogP) is 4.55. The fourth-order valence-corrected chi connectivity index (χ4v) is 2.60. The van der Waals surface area contributed by atoms with Gasteiger partial charge in [-0.15, -0.1) is 0 Å². The lowest BCUT2D eigenvalue weighted by molar-refractivity contribution is -0.140. The number of nitrogens with one attached hydrogen (secondary N) is 2. The van der Waals surface area contributed by atoms with Crippen molar-refractivity contribution in [3.05, 3.63) is 36.4 Å². The number of carbonyl (C=O) groups is 2. The van der Waals surface area contributed by atoms with Gasteiger partial charge in [0.15, 0.2) is 0 Å². The Labute approximate surface area is 153 Å². The van der Waals surface area contributed by atoms with Crippen molar-refractivity contribution < 1.29 is 19.1 Å². The molecule has 1 unspecified atom stereocenters.